The number of Topliss-reactive ketones (excluding diaryl/α,β-unsaturated/α-hetero) is 1. The minimum atomic E-state index is -1.26. The highest BCUT2D eigenvalue weighted by atomic mass is 35.5. The molecule has 6 nitrogen and oxygen atoms in total. The number of ketones is 1. The van der Waals surface area contributed by atoms with E-state index in [0.717, 1.165) is 19.3 Å². The second kappa shape index (κ2) is 10.8. The fourth-order valence-electron chi connectivity index (χ4n) is 7.37. The lowest BCUT2D eigenvalue weighted by Crippen LogP contribution is -2.57. The average Bonchev–Trinajstić information content (AvgIpc) is 3.55. The minimum Gasteiger partial charge on any atom is -0.359 e. The Morgan fingerprint density at radius 3 is 2.49 bits per heavy atom. The fraction of sp³-hybridized carbons (Fsp3) is 0.469. The molecule has 4 aliphatic rings. The van der Waals surface area contributed by atoms with E-state index in [0.29, 0.717) is 33.0 Å². The molecule has 3 fully saturated rings. The van der Waals surface area contributed by atoms with Gasteiger partial charge in [0.15, 0.2) is 0 Å². The largest absolute Gasteiger partial charge is 0.359 e. The van der Waals surface area contributed by atoms with Gasteiger partial charge in [-0.2, -0.15) is 0 Å². The highest BCUT2D eigenvalue weighted by Gasteiger charge is 2.72. The van der Waals surface area contributed by atoms with Crippen molar-refractivity contribution >= 4 is 40.8 Å². The van der Waals surface area contributed by atoms with Gasteiger partial charge >= 0.3 is 0 Å². The van der Waals surface area contributed by atoms with Crippen molar-refractivity contribution in [1.29, 1.82) is 0 Å². The van der Waals surface area contributed by atoms with Crippen molar-refractivity contribution in [3.8, 4) is 0 Å². The summed E-state index contributed by atoms with van der Waals surface area (Å²) in [5, 5.41) is 4.10. The van der Waals surface area contributed by atoms with Crippen molar-refractivity contribution in [2.24, 2.45) is 23.7 Å². The Balaban J connectivity index is 1.33. The number of nitrogens with zero attached hydrogens (tertiary/aromatic N) is 1. The molecule has 9 heteroatoms. The van der Waals surface area contributed by atoms with Crippen LogP contribution in [0.5, 0.6) is 0 Å². The van der Waals surface area contributed by atoms with Gasteiger partial charge in [-0.15, -0.1) is 0 Å². The van der Waals surface area contributed by atoms with Gasteiger partial charge in [0.25, 0.3) is 0 Å². The number of likely N-dealkylation sites (tertiary alicyclic amines) is 1. The van der Waals surface area contributed by atoms with Gasteiger partial charge in [0, 0.05) is 29.1 Å². The molecule has 2 amide bonds. The maximum Gasteiger partial charge on any atom is 0.246 e. The highest BCUT2D eigenvalue weighted by molar-refractivity contribution is 6.34. The normalized spacial score (nSPS) is 33.7. The first-order chi connectivity index (χ1) is 19.6. The summed E-state index contributed by atoms with van der Waals surface area (Å²) >= 11 is 12.3. The number of carbonyl (C=O) groups is 3. The molecule has 1 N–H and O–H groups in total. The summed E-state index contributed by atoms with van der Waals surface area (Å²) in [7, 11) is 0. The van der Waals surface area contributed by atoms with Crippen LogP contribution in [0.3, 0.4) is 0 Å². The number of hydrogen-bond acceptors (Lipinski definition) is 4. The average molecular weight is 600 g/mol. The summed E-state index contributed by atoms with van der Waals surface area (Å²) in [6, 6.07) is 9.86. The van der Waals surface area contributed by atoms with Crippen molar-refractivity contribution in [3.63, 3.8) is 0 Å². The number of benzene rings is 2. The molecule has 6 rings (SSSR count). The maximum atomic E-state index is 14.2. The first-order valence-corrected chi connectivity index (χ1v) is 15.0. The van der Waals surface area contributed by atoms with Crippen LogP contribution in [-0.2, 0) is 32.1 Å². The summed E-state index contributed by atoms with van der Waals surface area (Å²) in [5.41, 5.74) is 0.0713. The summed E-state index contributed by atoms with van der Waals surface area (Å²) in [6.45, 7) is 4.45. The van der Waals surface area contributed by atoms with E-state index in [1.165, 1.54) is 17.0 Å². The molecular formula is C32H33Cl2FN2O4. The number of carbonyl (C=O) groups excluding carboxylic acids is 3. The molecule has 2 aromatic carbocycles. The molecule has 8 unspecified atom stereocenters. The van der Waals surface area contributed by atoms with Crippen LogP contribution in [0.4, 0.5) is 4.39 Å². The number of rotatable bonds is 7. The van der Waals surface area contributed by atoms with E-state index in [-0.39, 0.29) is 42.4 Å². The summed E-state index contributed by atoms with van der Waals surface area (Å²) in [6.07, 6.45) is 6.05. The molecule has 41 heavy (non-hydrogen) atoms. The Labute approximate surface area is 249 Å². The molecule has 0 radical (unpaired) electrons. The van der Waals surface area contributed by atoms with E-state index in [1.807, 2.05) is 12.2 Å². The Hall–Kier alpha value is -2.74. The van der Waals surface area contributed by atoms with Gasteiger partial charge in [-0.05, 0) is 59.7 Å². The lowest BCUT2D eigenvalue weighted by molar-refractivity contribution is -0.142. The number of fused-ring (bicyclic) bond motifs is 1. The predicted octanol–water partition coefficient (Wildman–Crippen LogP) is 5.54. The predicted molar refractivity (Wildman–Crippen MR) is 154 cm³/mol. The first kappa shape index (κ1) is 28.4. The van der Waals surface area contributed by atoms with Crippen molar-refractivity contribution in [2.75, 3.05) is 0 Å². The fourth-order valence-corrected chi connectivity index (χ4v) is 7.94. The van der Waals surface area contributed by atoms with Crippen molar-refractivity contribution < 1.29 is 23.5 Å². The Morgan fingerprint density at radius 1 is 1.07 bits per heavy atom. The zero-order chi connectivity index (χ0) is 29.1. The number of amides is 2. The van der Waals surface area contributed by atoms with Gasteiger partial charge in [-0.25, -0.2) is 4.39 Å². The second-order valence-electron chi connectivity index (χ2n) is 12.1. The zero-order valence-corrected chi connectivity index (χ0v) is 24.5. The number of nitrogens with one attached hydrogen (secondary N) is 1. The zero-order valence-electron chi connectivity index (χ0n) is 23.0. The van der Waals surface area contributed by atoms with E-state index in [2.05, 4.69) is 19.2 Å². The van der Waals surface area contributed by atoms with E-state index < -0.39 is 29.6 Å². The van der Waals surface area contributed by atoms with Crippen LogP contribution in [0.1, 0.15) is 44.2 Å². The monoisotopic (exact) mass is 598 g/mol. The SMILES string of the molecule is CC1CCCC(NC(=O)C2N(Cc3ccc(F)cc3)C(=O)C3C(C(=O)Cc4cc(Cl)cc(Cl)c4)C4C=CC32O4)C1C. The molecule has 3 heterocycles. The van der Waals surface area contributed by atoms with Gasteiger partial charge in [-0.3, -0.25) is 14.4 Å². The van der Waals surface area contributed by atoms with Gasteiger partial charge in [0.1, 0.15) is 23.2 Å². The molecule has 2 aromatic rings. The third kappa shape index (κ3) is 5.00. The number of hydrogen-bond donors (Lipinski definition) is 1. The molecule has 1 spiro atoms. The van der Waals surface area contributed by atoms with Gasteiger partial charge in [-0.1, -0.05) is 74.2 Å². The maximum absolute atomic E-state index is 14.2. The van der Waals surface area contributed by atoms with Gasteiger partial charge < -0.3 is 15.0 Å². The molecule has 216 valence electrons. The molecule has 2 bridgehead atoms. The van der Waals surface area contributed by atoms with Crippen LogP contribution in [0.25, 0.3) is 0 Å². The lowest BCUT2D eigenvalue weighted by atomic mass is 9.72. The third-order valence-corrected chi connectivity index (χ3v) is 10.0. The molecular weight excluding hydrogens is 566 g/mol. The van der Waals surface area contributed by atoms with E-state index in [9.17, 15) is 18.8 Å². The van der Waals surface area contributed by atoms with Crippen LogP contribution in [0.2, 0.25) is 10.0 Å². The molecule has 8 atom stereocenters. The Bertz CT molecular complexity index is 1390. The third-order valence-electron chi connectivity index (χ3n) is 9.60. The number of halogens is 3. The first-order valence-electron chi connectivity index (χ1n) is 14.3. The summed E-state index contributed by atoms with van der Waals surface area (Å²) in [4.78, 5) is 43.6. The summed E-state index contributed by atoms with van der Waals surface area (Å²) < 4.78 is 20.1. The van der Waals surface area contributed by atoms with Gasteiger partial charge in [0.2, 0.25) is 11.8 Å². The molecule has 0 aromatic heterocycles. The molecule has 1 aliphatic carbocycles. The van der Waals surface area contributed by atoms with Crippen LogP contribution < -0.4 is 5.32 Å². The molecule has 1 saturated carbocycles. The quantitative estimate of drug-likeness (QED) is 0.425. The standard InChI is InChI=1S/C32H33Cl2FN2O4/c1-17-4-3-5-24(18(17)2)36-30(39)29-32-11-10-26(41-32)27(25(38)14-20-12-21(33)15-22(34)13-20)28(32)31(40)37(29)16-19-6-8-23(35)9-7-19/h6-13,15,17-18,24,26-29H,3-5,14,16H2,1-2H3,(H,36,39). The topological polar surface area (TPSA) is 75.7 Å². The second-order valence-corrected chi connectivity index (χ2v) is 13.0. The van der Waals surface area contributed by atoms with E-state index in [4.69, 9.17) is 27.9 Å². The Kier molecular flexibility index (Phi) is 7.50. The highest BCUT2D eigenvalue weighted by Crippen LogP contribution is 2.55. The van der Waals surface area contributed by atoms with Crippen molar-refractivity contribution in [1.82, 2.24) is 10.2 Å². The van der Waals surface area contributed by atoms with E-state index in [1.54, 1.807) is 30.3 Å². The van der Waals surface area contributed by atoms with Crippen LogP contribution >= 0.6 is 23.2 Å². The smallest absolute Gasteiger partial charge is 0.246 e. The van der Waals surface area contributed by atoms with E-state index >= 15 is 0 Å². The van der Waals surface area contributed by atoms with Crippen molar-refractivity contribution in [2.45, 2.75) is 69.9 Å². The van der Waals surface area contributed by atoms with Gasteiger partial charge in [0.05, 0.1) is 17.9 Å². The van der Waals surface area contributed by atoms with Crippen LogP contribution in [0.15, 0.2) is 54.6 Å². The van der Waals surface area contributed by atoms with Crippen molar-refractivity contribution in [3.05, 3.63) is 81.6 Å². The van der Waals surface area contributed by atoms with Crippen LogP contribution in [-0.4, -0.2) is 46.3 Å². The molecule has 3 aliphatic heterocycles. The number of ether oxygens (including phenoxy) is 1. The van der Waals surface area contributed by atoms with Crippen LogP contribution in [0, 0.1) is 29.5 Å². The Morgan fingerprint density at radius 2 is 1.78 bits per heavy atom. The summed E-state index contributed by atoms with van der Waals surface area (Å²) in [5.74, 6) is -1.99. The molecule has 2 saturated heterocycles. The minimum absolute atomic E-state index is 0.0166. The lowest BCUT2D eigenvalue weighted by Gasteiger charge is -2.38.